The lowest BCUT2D eigenvalue weighted by Crippen LogP contribution is -2.44. The number of hydrogen-bond acceptors (Lipinski definition) is 6. The number of carbonyl (C=O) groups excluding carboxylic acids is 2. The second-order valence-corrected chi connectivity index (χ2v) is 6.82. The highest BCUT2D eigenvalue weighted by Crippen LogP contribution is 2.25. The number of ether oxygens (including phenoxy) is 4. The van der Waals surface area contributed by atoms with Gasteiger partial charge in [0, 0.05) is 12.7 Å². The van der Waals surface area contributed by atoms with E-state index in [1.807, 2.05) is 0 Å². The molecule has 0 saturated heterocycles. The molecule has 0 bridgehead atoms. The van der Waals surface area contributed by atoms with Crippen LogP contribution in [0.15, 0.2) is 12.2 Å². The van der Waals surface area contributed by atoms with Crippen LogP contribution in [-0.4, -0.2) is 49.6 Å². The first-order chi connectivity index (χ1) is 11.2. The molecule has 1 aliphatic rings. The van der Waals surface area contributed by atoms with Crippen LogP contribution in [0.4, 0.5) is 0 Å². The summed E-state index contributed by atoms with van der Waals surface area (Å²) < 4.78 is 21.8. The molecule has 0 radical (unpaired) electrons. The van der Waals surface area contributed by atoms with Crippen molar-refractivity contribution in [3.63, 3.8) is 0 Å². The Morgan fingerprint density at radius 3 is 2.33 bits per heavy atom. The molecule has 0 aromatic rings. The van der Waals surface area contributed by atoms with Gasteiger partial charge in [-0.15, -0.1) is 0 Å². The molecule has 0 N–H and O–H groups in total. The molecule has 1 rings (SSSR count). The third-order valence-electron chi connectivity index (χ3n) is 4.03. The standard InChI is InChI=1S/C18H30O6/c1-12(2)16(19)23-13(3)11-22-18(4,5)17(20)24-15-10-8-7-9-14(15)21-6/h13-15H,1,7-11H2,2-6H3. The van der Waals surface area contributed by atoms with E-state index in [1.54, 1.807) is 34.8 Å². The van der Waals surface area contributed by atoms with Crippen LogP contribution in [0.3, 0.4) is 0 Å². The highest BCUT2D eigenvalue weighted by atomic mass is 16.6. The Balaban J connectivity index is 2.49. The quantitative estimate of drug-likeness (QED) is 0.499. The summed E-state index contributed by atoms with van der Waals surface area (Å²) in [5.74, 6) is -0.911. The molecular formula is C18H30O6. The predicted molar refractivity (Wildman–Crippen MR) is 89.5 cm³/mol. The highest BCUT2D eigenvalue weighted by Gasteiger charge is 2.36. The van der Waals surface area contributed by atoms with E-state index in [4.69, 9.17) is 18.9 Å². The van der Waals surface area contributed by atoms with E-state index in [-0.39, 0.29) is 18.8 Å². The smallest absolute Gasteiger partial charge is 0.338 e. The van der Waals surface area contributed by atoms with Crippen molar-refractivity contribution in [2.24, 2.45) is 0 Å². The largest absolute Gasteiger partial charge is 0.457 e. The van der Waals surface area contributed by atoms with E-state index in [1.165, 1.54) is 0 Å². The Morgan fingerprint density at radius 2 is 1.79 bits per heavy atom. The molecular weight excluding hydrogens is 312 g/mol. The monoisotopic (exact) mass is 342 g/mol. The van der Waals surface area contributed by atoms with Crippen LogP contribution in [-0.2, 0) is 28.5 Å². The lowest BCUT2D eigenvalue weighted by molar-refractivity contribution is -0.186. The minimum absolute atomic E-state index is 0.0612. The summed E-state index contributed by atoms with van der Waals surface area (Å²) in [5.41, 5.74) is -0.803. The van der Waals surface area contributed by atoms with Crippen LogP contribution in [0.5, 0.6) is 0 Å². The Bertz CT molecular complexity index is 456. The van der Waals surface area contributed by atoms with Crippen molar-refractivity contribution in [2.75, 3.05) is 13.7 Å². The second kappa shape index (κ2) is 9.18. The predicted octanol–water partition coefficient (Wildman–Crippen LogP) is 2.79. The molecule has 1 fully saturated rings. The molecule has 0 spiro atoms. The average Bonchev–Trinajstić information content (AvgIpc) is 2.53. The third kappa shape index (κ3) is 6.24. The molecule has 0 amide bonds. The first-order valence-electron chi connectivity index (χ1n) is 8.41. The van der Waals surface area contributed by atoms with Crippen molar-refractivity contribution in [1.82, 2.24) is 0 Å². The van der Waals surface area contributed by atoms with Gasteiger partial charge in [0.15, 0.2) is 5.60 Å². The Morgan fingerprint density at radius 1 is 1.21 bits per heavy atom. The van der Waals surface area contributed by atoms with Crippen LogP contribution in [0.25, 0.3) is 0 Å². The van der Waals surface area contributed by atoms with Gasteiger partial charge in [-0.25, -0.2) is 9.59 Å². The summed E-state index contributed by atoms with van der Waals surface area (Å²) in [7, 11) is 1.64. The fourth-order valence-corrected chi connectivity index (χ4v) is 2.45. The molecule has 6 heteroatoms. The van der Waals surface area contributed by atoms with Gasteiger partial charge in [-0.1, -0.05) is 13.0 Å². The molecule has 1 saturated carbocycles. The third-order valence-corrected chi connectivity index (χ3v) is 4.03. The van der Waals surface area contributed by atoms with Gasteiger partial charge in [0.2, 0.25) is 0 Å². The van der Waals surface area contributed by atoms with Crippen molar-refractivity contribution >= 4 is 11.9 Å². The summed E-state index contributed by atoms with van der Waals surface area (Å²) in [4.78, 5) is 23.9. The van der Waals surface area contributed by atoms with E-state index in [0.717, 1.165) is 25.7 Å². The molecule has 0 aliphatic heterocycles. The normalized spacial score (nSPS) is 22.5. The van der Waals surface area contributed by atoms with Gasteiger partial charge in [0.1, 0.15) is 12.2 Å². The summed E-state index contributed by atoms with van der Waals surface area (Å²) in [6.07, 6.45) is 3.01. The van der Waals surface area contributed by atoms with Crippen LogP contribution in [0.1, 0.15) is 53.4 Å². The van der Waals surface area contributed by atoms with Crippen LogP contribution in [0, 0.1) is 0 Å². The van der Waals surface area contributed by atoms with Crippen LogP contribution >= 0.6 is 0 Å². The summed E-state index contributed by atoms with van der Waals surface area (Å²) >= 11 is 0. The van der Waals surface area contributed by atoms with Gasteiger partial charge in [-0.05, 0) is 47.0 Å². The molecule has 3 atom stereocenters. The zero-order chi connectivity index (χ0) is 18.3. The first kappa shape index (κ1) is 20.6. The maximum Gasteiger partial charge on any atom is 0.338 e. The number of methoxy groups -OCH3 is 1. The number of esters is 2. The van der Waals surface area contributed by atoms with Gasteiger partial charge in [0.05, 0.1) is 12.7 Å². The zero-order valence-corrected chi connectivity index (χ0v) is 15.4. The molecule has 0 aromatic carbocycles. The lowest BCUT2D eigenvalue weighted by Gasteiger charge is -2.33. The maximum absolute atomic E-state index is 12.4. The molecule has 0 heterocycles. The molecule has 6 nitrogen and oxygen atoms in total. The Hall–Kier alpha value is -1.40. The molecule has 3 unspecified atom stereocenters. The SMILES string of the molecule is C=C(C)C(=O)OC(C)COC(C)(C)C(=O)OC1CCCCC1OC. The zero-order valence-electron chi connectivity index (χ0n) is 15.4. The van der Waals surface area contributed by atoms with E-state index in [0.29, 0.717) is 5.57 Å². The van der Waals surface area contributed by atoms with Gasteiger partial charge in [0.25, 0.3) is 0 Å². The van der Waals surface area contributed by atoms with Crippen molar-refractivity contribution in [3.8, 4) is 0 Å². The topological polar surface area (TPSA) is 71.1 Å². The minimum Gasteiger partial charge on any atom is -0.457 e. The summed E-state index contributed by atoms with van der Waals surface area (Å²) in [6.45, 7) is 10.2. The molecule has 1 aliphatic carbocycles. The fourth-order valence-electron chi connectivity index (χ4n) is 2.45. The van der Waals surface area contributed by atoms with Crippen LogP contribution < -0.4 is 0 Å². The average molecular weight is 342 g/mol. The number of hydrogen-bond donors (Lipinski definition) is 0. The summed E-state index contributed by atoms with van der Waals surface area (Å²) in [5, 5.41) is 0. The van der Waals surface area contributed by atoms with E-state index in [9.17, 15) is 9.59 Å². The van der Waals surface area contributed by atoms with E-state index >= 15 is 0 Å². The van der Waals surface area contributed by atoms with Crippen molar-refractivity contribution in [3.05, 3.63) is 12.2 Å². The summed E-state index contributed by atoms with van der Waals surface area (Å²) in [6, 6.07) is 0. The van der Waals surface area contributed by atoms with Crippen LogP contribution in [0.2, 0.25) is 0 Å². The Kier molecular flexibility index (Phi) is 7.90. The number of carbonyl (C=O) groups is 2. The minimum atomic E-state index is -1.13. The fraction of sp³-hybridized carbons (Fsp3) is 0.778. The van der Waals surface area contributed by atoms with Crippen molar-refractivity contribution in [1.29, 1.82) is 0 Å². The van der Waals surface area contributed by atoms with Gasteiger partial charge in [-0.2, -0.15) is 0 Å². The van der Waals surface area contributed by atoms with E-state index in [2.05, 4.69) is 6.58 Å². The Labute approximate surface area is 144 Å². The second-order valence-electron chi connectivity index (χ2n) is 6.82. The molecule has 138 valence electrons. The highest BCUT2D eigenvalue weighted by molar-refractivity contribution is 5.87. The van der Waals surface area contributed by atoms with Crippen molar-refractivity contribution < 1.29 is 28.5 Å². The lowest BCUT2D eigenvalue weighted by atomic mass is 9.94. The van der Waals surface area contributed by atoms with Gasteiger partial charge in [-0.3, -0.25) is 0 Å². The van der Waals surface area contributed by atoms with E-state index < -0.39 is 23.6 Å². The first-order valence-corrected chi connectivity index (χ1v) is 8.41. The van der Waals surface area contributed by atoms with Gasteiger partial charge >= 0.3 is 11.9 Å². The van der Waals surface area contributed by atoms with Gasteiger partial charge < -0.3 is 18.9 Å². The van der Waals surface area contributed by atoms with Crippen molar-refractivity contribution in [2.45, 2.75) is 77.3 Å². The maximum atomic E-state index is 12.4. The molecule has 24 heavy (non-hydrogen) atoms. The molecule has 0 aromatic heterocycles. The number of rotatable bonds is 8.